The van der Waals surface area contributed by atoms with Crippen molar-refractivity contribution < 1.29 is 32.6 Å². The third-order valence-corrected chi connectivity index (χ3v) is 8.02. The fraction of sp³-hybridized carbons (Fsp3) is 0.483. The van der Waals surface area contributed by atoms with Gasteiger partial charge in [0, 0.05) is 25.2 Å². The van der Waals surface area contributed by atoms with Gasteiger partial charge in [0.25, 0.3) is 6.01 Å². The number of Topliss-reactive ketones (excluding diaryl/α,β-unsaturated/α-hetero) is 1. The number of fused-ring (bicyclic) bond motifs is 1. The summed E-state index contributed by atoms with van der Waals surface area (Å²) in [6, 6.07) is 7.40. The molecule has 208 valence electrons. The number of aromatic nitrogens is 1. The molecule has 2 heterocycles. The normalized spacial score (nSPS) is 21.6. The molecule has 1 saturated heterocycles. The summed E-state index contributed by atoms with van der Waals surface area (Å²) in [4.78, 5) is 31.4. The van der Waals surface area contributed by atoms with Crippen LogP contribution in [0.4, 0.5) is 20.5 Å². The van der Waals surface area contributed by atoms with Gasteiger partial charge in [-0.15, -0.1) is 0 Å². The van der Waals surface area contributed by atoms with Crippen molar-refractivity contribution in [2.24, 2.45) is 5.92 Å². The molecule has 2 aliphatic rings. The maximum atomic E-state index is 15.6. The molecule has 8 nitrogen and oxygen atoms in total. The Kier molecular flexibility index (Phi) is 7.68. The molecule has 0 amide bonds. The summed E-state index contributed by atoms with van der Waals surface area (Å²) in [5.41, 5.74) is 0.320. The molecular formula is C29H33F2N3O5. The number of aryl methyl sites for hydroxylation is 1. The van der Waals surface area contributed by atoms with Crippen LogP contribution in [0.2, 0.25) is 0 Å². The number of aliphatic carboxylic acids is 1. The zero-order valence-corrected chi connectivity index (χ0v) is 22.1. The lowest BCUT2D eigenvalue weighted by molar-refractivity contribution is -0.190. The lowest BCUT2D eigenvalue weighted by Crippen LogP contribution is -2.56. The van der Waals surface area contributed by atoms with Crippen molar-refractivity contribution in [1.29, 1.82) is 0 Å². The number of nitrogens with one attached hydrogen (secondary N) is 1. The minimum atomic E-state index is -1.25. The van der Waals surface area contributed by atoms with Gasteiger partial charge in [0.15, 0.2) is 22.9 Å². The monoisotopic (exact) mass is 541 g/mol. The number of carboxylic acids is 1. The van der Waals surface area contributed by atoms with E-state index in [0.717, 1.165) is 18.4 Å². The minimum absolute atomic E-state index is 0.0169. The van der Waals surface area contributed by atoms with Gasteiger partial charge in [0.2, 0.25) is 0 Å². The Bertz CT molecular complexity index is 1380. The first-order chi connectivity index (χ1) is 18.6. The molecule has 0 bridgehead atoms. The summed E-state index contributed by atoms with van der Waals surface area (Å²) in [6.07, 6.45) is 3.58. The lowest BCUT2D eigenvalue weighted by Gasteiger charge is -2.41. The predicted octanol–water partition coefficient (Wildman–Crippen LogP) is 5.74. The lowest BCUT2D eigenvalue weighted by atomic mass is 9.87. The second kappa shape index (κ2) is 11.0. The number of hydrogen-bond acceptors (Lipinski definition) is 7. The van der Waals surface area contributed by atoms with Crippen LogP contribution in [-0.4, -0.2) is 51.7 Å². The third-order valence-electron chi connectivity index (χ3n) is 8.02. The fourth-order valence-electron chi connectivity index (χ4n) is 5.58. The average molecular weight is 542 g/mol. The van der Waals surface area contributed by atoms with Crippen molar-refractivity contribution in [1.82, 2.24) is 9.88 Å². The number of oxazole rings is 1. The molecule has 2 N–H and O–H groups in total. The molecule has 0 radical (unpaired) electrons. The molecule has 1 atom stereocenters. The summed E-state index contributed by atoms with van der Waals surface area (Å²) >= 11 is 0. The highest BCUT2D eigenvalue weighted by molar-refractivity contribution is 5.89. The molecule has 5 rings (SSSR count). The second-order valence-electron chi connectivity index (χ2n) is 10.7. The van der Waals surface area contributed by atoms with Gasteiger partial charge in [-0.1, -0.05) is 12.1 Å². The molecule has 0 spiro atoms. The molecule has 1 saturated carbocycles. The summed E-state index contributed by atoms with van der Waals surface area (Å²) in [5.74, 6) is -2.55. The first-order valence-corrected chi connectivity index (χ1v) is 13.4. The molecule has 3 aromatic rings. The number of hydrogen-bond donors (Lipinski definition) is 2. The third kappa shape index (κ3) is 5.67. The standard InChI is InChI=1S/C29H33F2N3O5/c1-17-5-9-20(30)16-23(17)33-28-32-22-12-8-19(25(31)26(22)38-28)15-24(35)29(2,34-13-3-4-14-34)39-21-10-6-18(7-11-21)27(36)37/h5,8-9,12,16,18,21H,3-4,6-7,10-11,13-15H2,1-2H3,(H,32,33)(H,36,37). The van der Waals surface area contributed by atoms with Gasteiger partial charge in [0.1, 0.15) is 11.3 Å². The number of ether oxygens (including phenoxy) is 1. The number of carboxylic acid groups (broad SMARTS) is 1. The number of nitrogens with zero attached hydrogens (tertiary/aromatic N) is 2. The van der Waals surface area contributed by atoms with Crippen LogP contribution in [0, 0.1) is 24.5 Å². The molecule has 1 unspecified atom stereocenters. The first-order valence-electron chi connectivity index (χ1n) is 13.4. The van der Waals surface area contributed by atoms with E-state index in [-0.39, 0.29) is 46.9 Å². The smallest absolute Gasteiger partial charge is 0.306 e. The van der Waals surface area contributed by atoms with Crippen LogP contribution in [0.3, 0.4) is 0 Å². The van der Waals surface area contributed by atoms with Crippen LogP contribution in [0.5, 0.6) is 0 Å². The maximum absolute atomic E-state index is 15.6. The van der Waals surface area contributed by atoms with E-state index in [4.69, 9.17) is 9.15 Å². The Balaban J connectivity index is 1.35. The number of likely N-dealkylation sites (tertiary alicyclic amines) is 1. The van der Waals surface area contributed by atoms with E-state index in [1.165, 1.54) is 18.2 Å². The number of halogens is 2. The number of carbonyl (C=O) groups excluding carboxylic acids is 1. The Morgan fingerprint density at radius 1 is 1.15 bits per heavy atom. The van der Waals surface area contributed by atoms with Crippen molar-refractivity contribution in [2.75, 3.05) is 18.4 Å². The summed E-state index contributed by atoms with van der Waals surface area (Å²) in [7, 11) is 0. The summed E-state index contributed by atoms with van der Waals surface area (Å²) < 4.78 is 41.3. The van der Waals surface area contributed by atoms with Gasteiger partial charge in [0.05, 0.1) is 12.0 Å². The van der Waals surface area contributed by atoms with Crippen LogP contribution in [0.25, 0.3) is 11.1 Å². The molecule has 10 heteroatoms. The number of anilines is 2. The molecule has 1 aromatic heterocycles. The van der Waals surface area contributed by atoms with Crippen molar-refractivity contribution in [2.45, 2.75) is 70.6 Å². The minimum Gasteiger partial charge on any atom is -0.481 e. The highest BCUT2D eigenvalue weighted by Crippen LogP contribution is 2.34. The number of rotatable bonds is 9. The Labute approximate surface area is 225 Å². The topological polar surface area (TPSA) is 105 Å². The van der Waals surface area contributed by atoms with E-state index in [1.54, 1.807) is 26.0 Å². The van der Waals surface area contributed by atoms with Gasteiger partial charge in [-0.2, -0.15) is 4.98 Å². The van der Waals surface area contributed by atoms with E-state index >= 15 is 4.39 Å². The number of carbonyl (C=O) groups is 2. The largest absolute Gasteiger partial charge is 0.481 e. The van der Waals surface area contributed by atoms with Crippen molar-refractivity contribution >= 4 is 34.6 Å². The second-order valence-corrected chi connectivity index (χ2v) is 10.7. The van der Waals surface area contributed by atoms with Crippen LogP contribution in [-0.2, 0) is 20.7 Å². The Morgan fingerprint density at radius 3 is 2.56 bits per heavy atom. The summed E-state index contributed by atoms with van der Waals surface area (Å²) in [5, 5.41) is 12.2. The van der Waals surface area contributed by atoms with Gasteiger partial charge in [-0.05, 0) is 81.7 Å². The van der Waals surface area contributed by atoms with Crippen molar-refractivity contribution in [3.8, 4) is 0 Å². The van der Waals surface area contributed by atoms with Crippen LogP contribution < -0.4 is 5.32 Å². The van der Waals surface area contributed by atoms with E-state index < -0.39 is 23.3 Å². The first kappa shape index (κ1) is 27.2. The quantitative estimate of drug-likeness (QED) is 0.353. The molecule has 39 heavy (non-hydrogen) atoms. The van der Waals surface area contributed by atoms with E-state index in [9.17, 15) is 19.1 Å². The SMILES string of the molecule is Cc1ccc(F)cc1Nc1nc2ccc(CC(=O)C(C)(OC3CCC(C(=O)O)CC3)N3CCCC3)c(F)c2o1. The highest BCUT2D eigenvalue weighted by atomic mass is 19.1. The van der Waals surface area contributed by atoms with Crippen molar-refractivity contribution in [3.63, 3.8) is 0 Å². The molecule has 2 aromatic carbocycles. The van der Waals surface area contributed by atoms with Gasteiger partial charge in [-0.3, -0.25) is 14.5 Å². The van der Waals surface area contributed by atoms with Crippen LogP contribution >= 0.6 is 0 Å². The molecule has 1 aliphatic heterocycles. The molecular weight excluding hydrogens is 508 g/mol. The average Bonchev–Trinajstić information content (AvgIpc) is 3.59. The van der Waals surface area contributed by atoms with Gasteiger partial charge >= 0.3 is 5.97 Å². The van der Waals surface area contributed by atoms with Crippen molar-refractivity contribution in [3.05, 3.63) is 53.1 Å². The predicted molar refractivity (Wildman–Crippen MR) is 141 cm³/mol. The zero-order valence-electron chi connectivity index (χ0n) is 22.1. The van der Waals surface area contributed by atoms with E-state index in [0.29, 0.717) is 44.5 Å². The van der Waals surface area contributed by atoms with E-state index in [1.807, 2.05) is 4.90 Å². The Morgan fingerprint density at radius 2 is 1.87 bits per heavy atom. The highest BCUT2D eigenvalue weighted by Gasteiger charge is 2.44. The van der Waals surface area contributed by atoms with E-state index in [2.05, 4.69) is 10.3 Å². The number of benzene rings is 2. The van der Waals surface area contributed by atoms with Crippen LogP contribution in [0.15, 0.2) is 34.7 Å². The summed E-state index contributed by atoms with van der Waals surface area (Å²) in [6.45, 7) is 4.94. The van der Waals surface area contributed by atoms with Gasteiger partial charge in [-0.25, -0.2) is 8.78 Å². The number of ketones is 1. The fourth-order valence-corrected chi connectivity index (χ4v) is 5.58. The van der Waals surface area contributed by atoms with Crippen LogP contribution in [0.1, 0.15) is 56.6 Å². The molecule has 2 fully saturated rings. The maximum Gasteiger partial charge on any atom is 0.306 e. The Hall–Kier alpha value is -3.37. The molecule has 1 aliphatic carbocycles. The van der Waals surface area contributed by atoms with Gasteiger partial charge < -0.3 is 19.6 Å². The zero-order chi connectivity index (χ0) is 27.7.